The van der Waals surface area contributed by atoms with E-state index >= 15 is 0 Å². The highest BCUT2D eigenvalue weighted by Crippen LogP contribution is 2.37. The Bertz CT molecular complexity index is 1740. The van der Waals surface area contributed by atoms with Crippen molar-refractivity contribution in [1.82, 2.24) is 14.5 Å². The van der Waals surface area contributed by atoms with Gasteiger partial charge in [-0.1, -0.05) is 42.5 Å². The van der Waals surface area contributed by atoms with Gasteiger partial charge in [0.05, 0.1) is 24.8 Å². The average molecular weight is 589 g/mol. The number of halogens is 3. The zero-order chi connectivity index (χ0) is 30.9. The number of imidazole rings is 1. The van der Waals surface area contributed by atoms with E-state index in [2.05, 4.69) is 15.2 Å². The van der Waals surface area contributed by atoms with Crippen LogP contribution in [0.2, 0.25) is 0 Å². The molecule has 3 aromatic carbocycles. The van der Waals surface area contributed by atoms with Crippen LogP contribution in [-0.4, -0.2) is 47.3 Å². The molecule has 43 heavy (non-hydrogen) atoms. The highest BCUT2D eigenvalue weighted by molar-refractivity contribution is 6.03. The molecule has 0 fully saturated rings. The molecule has 2 heterocycles. The summed E-state index contributed by atoms with van der Waals surface area (Å²) in [5, 5.41) is 2.99. The van der Waals surface area contributed by atoms with Crippen molar-refractivity contribution in [2.24, 2.45) is 0 Å². The monoisotopic (exact) mass is 588 g/mol. The number of alkyl halides is 3. The lowest BCUT2D eigenvalue weighted by molar-refractivity contribution is -0.137. The molecule has 0 saturated heterocycles. The number of aromatic nitrogens is 2. The quantitative estimate of drug-likeness (QED) is 0.188. The van der Waals surface area contributed by atoms with Crippen LogP contribution in [-0.2, 0) is 19.3 Å². The molecule has 0 bridgehead atoms. The van der Waals surface area contributed by atoms with Gasteiger partial charge in [-0.25, -0.2) is 4.98 Å². The van der Waals surface area contributed by atoms with E-state index in [0.717, 1.165) is 47.2 Å². The lowest BCUT2D eigenvalue weighted by Gasteiger charge is -2.22. The summed E-state index contributed by atoms with van der Waals surface area (Å²) in [6, 6.07) is 13.2. The Morgan fingerprint density at radius 3 is 2.37 bits per heavy atom. The Morgan fingerprint density at radius 1 is 0.977 bits per heavy atom. The number of fused-ring (bicyclic) bond motifs is 1. The minimum absolute atomic E-state index is 0.0608. The smallest absolute Gasteiger partial charge is 0.417 e. The van der Waals surface area contributed by atoms with Crippen molar-refractivity contribution < 1.29 is 27.5 Å². The molecular weight excluding hydrogens is 557 g/mol. The Kier molecular flexibility index (Phi) is 8.23. The first-order valence-electron chi connectivity index (χ1n) is 13.7. The van der Waals surface area contributed by atoms with Crippen LogP contribution in [0.3, 0.4) is 0 Å². The van der Waals surface area contributed by atoms with Crippen molar-refractivity contribution in [3.8, 4) is 16.9 Å². The number of aldehydes is 1. The summed E-state index contributed by atoms with van der Waals surface area (Å²) in [6.45, 7) is 6.16. The van der Waals surface area contributed by atoms with Gasteiger partial charge >= 0.3 is 6.18 Å². The third-order valence-electron chi connectivity index (χ3n) is 7.75. The Balaban J connectivity index is 1.45. The number of carbonyl (C=O) groups is 2. The second kappa shape index (κ2) is 11.9. The normalized spacial score (nSPS) is 13.7. The number of rotatable bonds is 7. The molecule has 0 radical (unpaired) electrons. The maximum atomic E-state index is 13.8. The molecule has 0 atom stereocenters. The van der Waals surface area contributed by atoms with Gasteiger partial charge in [0.2, 0.25) is 0 Å². The van der Waals surface area contributed by atoms with Gasteiger partial charge in [-0.3, -0.25) is 14.5 Å². The molecule has 1 amide bonds. The number of carbonyl (C=O) groups excluding carboxylic acids is 2. The summed E-state index contributed by atoms with van der Waals surface area (Å²) < 4.78 is 48.6. The van der Waals surface area contributed by atoms with Crippen LogP contribution < -0.4 is 10.1 Å². The maximum Gasteiger partial charge on any atom is 0.417 e. The lowest BCUT2D eigenvalue weighted by Crippen LogP contribution is -2.30. The van der Waals surface area contributed by atoms with Gasteiger partial charge in [-0.05, 0) is 72.5 Å². The third-order valence-corrected chi connectivity index (χ3v) is 7.75. The van der Waals surface area contributed by atoms with Gasteiger partial charge in [0.15, 0.2) is 6.29 Å². The molecule has 1 aliphatic heterocycles. The number of methoxy groups -OCH3 is 1. The van der Waals surface area contributed by atoms with Gasteiger partial charge in [0.1, 0.15) is 17.3 Å². The number of hydrogen-bond acceptors (Lipinski definition) is 5. The topological polar surface area (TPSA) is 76.5 Å². The highest BCUT2D eigenvalue weighted by Gasteiger charge is 2.34. The molecular formula is C33H31F3N4O3. The average Bonchev–Trinajstić information content (AvgIpc) is 3.40. The van der Waals surface area contributed by atoms with Gasteiger partial charge < -0.3 is 14.6 Å². The summed E-state index contributed by atoms with van der Waals surface area (Å²) in [4.78, 5) is 31.1. The van der Waals surface area contributed by atoms with Crippen molar-refractivity contribution in [2.45, 2.75) is 33.1 Å². The number of amides is 1. The van der Waals surface area contributed by atoms with E-state index in [-0.39, 0.29) is 22.8 Å². The van der Waals surface area contributed by atoms with Crippen LogP contribution in [0.1, 0.15) is 54.5 Å². The predicted octanol–water partition coefficient (Wildman–Crippen LogP) is 6.87. The molecule has 222 valence electrons. The van der Waals surface area contributed by atoms with Crippen molar-refractivity contribution >= 4 is 30.0 Å². The summed E-state index contributed by atoms with van der Waals surface area (Å²) in [6.07, 6.45) is 0.452. The third kappa shape index (κ3) is 6.10. The minimum Gasteiger partial charge on any atom is -0.496 e. The van der Waals surface area contributed by atoms with Gasteiger partial charge in [-0.2, -0.15) is 13.2 Å². The van der Waals surface area contributed by atoms with E-state index in [0.29, 0.717) is 29.8 Å². The van der Waals surface area contributed by atoms with E-state index in [4.69, 9.17) is 4.74 Å². The van der Waals surface area contributed by atoms with Gasteiger partial charge in [0.25, 0.3) is 5.91 Å². The molecule has 0 unspecified atom stereocenters. The molecule has 1 aromatic heterocycles. The standard InChI is InChI=1S/C33H31F3N4O3/c1-20-22(11-12-23-16-30(43-4)24(19-41)15-27(23)33(34,35)36)7-5-8-25(20)26-9-6-10-28(21(26)2)38-32(42)29-17-40-14-13-39(3)18-31(40)37-29/h5-12,15-17,19H,13-14,18H2,1-4H3,(H,38,42)/b12-11+. The van der Waals surface area contributed by atoms with Crippen LogP contribution in [0.4, 0.5) is 18.9 Å². The zero-order valence-electron chi connectivity index (χ0n) is 24.2. The summed E-state index contributed by atoms with van der Waals surface area (Å²) in [7, 11) is 3.32. The van der Waals surface area contributed by atoms with Crippen molar-refractivity contribution in [3.63, 3.8) is 0 Å². The number of nitrogens with one attached hydrogen (secondary N) is 1. The first kappa shape index (κ1) is 29.8. The molecule has 0 spiro atoms. The number of likely N-dealkylation sites (N-methyl/N-ethyl adjacent to an activating group) is 1. The van der Waals surface area contributed by atoms with Crippen LogP contribution in [0.25, 0.3) is 23.3 Å². The largest absolute Gasteiger partial charge is 0.496 e. The lowest BCUT2D eigenvalue weighted by atomic mass is 9.92. The van der Waals surface area contributed by atoms with Crippen LogP contribution in [0.15, 0.2) is 54.7 Å². The Hall–Kier alpha value is -4.70. The first-order valence-corrected chi connectivity index (χ1v) is 13.7. The zero-order valence-corrected chi connectivity index (χ0v) is 24.2. The van der Waals surface area contributed by atoms with Gasteiger partial charge in [0, 0.05) is 25.0 Å². The molecule has 5 rings (SSSR count). The number of ether oxygens (including phenoxy) is 1. The number of nitrogens with zero attached hydrogens (tertiary/aromatic N) is 3. The Labute approximate surface area is 247 Å². The van der Waals surface area contributed by atoms with E-state index < -0.39 is 11.7 Å². The predicted molar refractivity (Wildman–Crippen MR) is 160 cm³/mol. The van der Waals surface area contributed by atoms with Crippen molar-refractivity contribution in [1.29, 1.82) is 0 Å². The molecule has 1 N–H and O–H groups in total. The summed E-state index contributed by atoms with van der Waals surface area (Å²) >= 11 is 0. The fraction of sp³-hybridized carbons (Fsp3) is 0.242. The van der Waals surface area contributed by atoms with Gasteiger partial charge in [-0.15, -0.1) is 0 Å². The van der Waals surface area contributed by atoms with Crippen LogP contribution in [0, 0.1) is 13.8 Å². The number of hydrogen-bond donors (Lipinski definition) is 1. The second-order valence-corrected chi connectivity index (χ2v) is 10.6. The fourth-order valence-electron chi connectivity index (χ4n) is 5.30. The minimum atomic E-state index is -4.66. The summed E-state index contributed by atoms with van der Waals surface area (Å²) in [5.74, 6) is 0.616. The van der Waals surface area contributed by atoms with E-state index in [1.165, 1.54) is 19.3 Å². The molecule has 7 nitrogen and oxygen atoms in total. The van der Waals surface area contributed by atoms with Crippen LogP contribution >= 0.6 is 0 Å². The summed E-state index contributed by atoms with van der Waals surface area (Å²) in [5.41, 5.74) is 3.94. The molecule has 0 saturated carbocycles. The first-order chi connectivity index (χ1) is 20.5. The Morgan fingerprint density at radius 2 is 1.67 bits per heavy atom. The van der Waals surface area contributed by atoms with Crippen LogP contribution in [0.5, 0.6) is 5.75 Å². The molecule has 0 aliphatic carbocycles. The molecule has 1 aliphatic rings. The fourth-order valence-corrected chi connectivity index (χ4v) is 5.30. The van der Waals surface area contributed by atoms with E-state index in [9.17, 15) is 22.8 Å². The SMILES string of the molecule is COc1cc(/C=C/c2cccc(-c3cccc(NC(=O)c4cn5c(n4)CN(C)CC5)c3C)c2C)c(C(F)(F)F)cc1C=O. The van der Waals surface area contributed by atoms with Crippen molar-refractivity contribution in [3.05, 3.63) is 99.6 Å². The number of benzene rings is 3. The van der Waals surface area contributed by atoms with E-state index in [1.807, 2.05) is 61.9 Å². The maximum absolute atomic E-state index is 13.8. The number of anilines is 1. The van der Waals surface area contributed by atoms with Crippen molar-refractivity contribution in [2.75, 3.05) is 26.0 Å². The molecule has 4 aromatic rings. The van der Waals surface area contributed by atoms with E-state index in [1.54, 1.807) is 12.3 Å². The molecule has 10 heteroatoms. The highest BCUT2D eigenvalue weighted by atomic mass is 19.4. The second-order valence-electron chi connectivity index (χ2n) is 10.6.